The topological polar surface area (TPSA) is 28.2 Å². The zero-order valence-corrected chi connectivity index (χ0v) is 12.9. The van der Waals surface area contributed by atoms with E-state index in [-0.39, 0.29) is 0 Å². The van der Waals surface area contributed by atoms with Gasteiger partial charge in [0, 0.05) is 24.7 Å². The minimum absolute atomic E-state index is 0.790. The van der Waals surface area contributed by atoms with E-state index in [1.54, 1.807) is 0 Å². The quantitative estimate of drug-likeness (QED) is 0.911. The summed E-state index contributed by atoms with van der Waals surface area (Å²) in [4.78, 5) is 7.20. The number of aromatic nitrogens is 1. The van der Waals surface area contributed by atoms with Crippen LogP contribution in [0, 0.1) is 5.92 Å². The van der Waals surface area contributed by atoms with Crippen molar-refractivity contribution in [3.63, 3.8) is 0 Å². The van der Waals surface area contributed by atoms with E-state index in [1.165, 1.54) is 23.6 Å². The van der Waals surface area contributed by atoms with Gasteiger partial charge in [-0.3, -0.25) is 0 Å². The maximum absolute atomic E-state index is 4.70. The zero-order chi connectivity index (χ0) is 14.5. The molecular formula is C18H25N3. The number of piperidine rings is 1. The Balaban J connectivity index is 1.87. The second-order valence-corrected chi connectivity index (χ2v) is 6.00. The molecule has 3 heteroatoms. The van der Waals surface area contributed by atoms with E-state index in [2.05, 4.69) is 47.5 Å². The average Bonchev–Trinajstić information content (AvgIpc) is 2.55. The number of hydrogen-bond acceptors (Lipinski definition) is 3. The lowest BCUT2D eigenvalue weighted by Gasteiger charge is -2.31. The van der Waals surface area contributed by atoms with E-state index >= 15 is 0 Å². The van der Waals surface area contributed by atoms with Crippen molar-refractivity contribution in [3.05, 3.63) is 36.5 Å². The molecule has 0 aliphatic carbocycles. The number of nitrogens with zero attached hydrogens (tertiary/aromatic N) is 2. The van der Waals surface area contributed by atoms with E-state index in [9.17, 15) is 0 Å². The van der Waals surface area contributed by atoms with Gasteiger partial charge in [0.15, 0.2) is 0 Å². The Hall–Kier alpha value is -1.61. The molecule has 3 rings (SSSR count). The standard InChI is InChI=1S/C18H25N3/c1-2-13-21(14-15-7-10-19-11-8-15)18-17-6-4-3-5-16(17)9-12-20-18/h3-6,9,12,15,19H,2,7-8,10-11,13-14H2,1H3. The van der Waals surface area contributed by atoms with Crippen LogP contribution in [0.2, 0.25) is 0 Å². The average molecular weight is 283 g/mol. The molecule has 0 bridgehead atoms. The Bertz CT molecular complexity index is 570. The second kappa shape index (κ2) is 6.90. The van der Waals surface area contributed by atoms with Gasteiger partial charge < -0.3 is 10.2 Å². The molecule has 1 aliphatic rings. The maximum Gasteiger partial charge on any atom is 0.136 e. The Morgan fingerprint density at radius 1 is 1.19 bits per heavy atom. The van der Waals surface area contributed by atoms with E-state index in [0.717, 1.165) is 44.3 Å². The normalized spacial score (nSPS) is 16.2. The summed E-state index contributed by atoms with van der Waals surface area (Å²) in [5, 5.41) is 6.02. The summed E-state index contributed by atoms with van der Waals surface area (Å²) in [6, 6.07) is 10.7. The molecule has 0 unspecified atom stereocenters. The second-order valence-electron chi connectivity index (χ2n) is 6.00. The lowest BCUT2D eigenvalue weighted by Crippen LogP contribution is -2.37. The third kappa shape index (κ3) is 3.35. The van der Waals surface area contributed by atoms with Crippen LogP contribution in [0.5, 0.6) is 0 Å². The van der Waals surface area contributed by atoms with Crippen molar-refractivity contribution in [1.29, 1.82) is 0 Å². The minimum Gasteiger partial charge on any atom is -0.356 e. The van der Waals surface area contributed by atoms with Gasteiger partial charge in [-0.25, -0.2) is 4.98 Å². The molecule has 0 amide bonds. The molecule has 0 radical (unpaired) electrons. The van der Waals surface area contributed by atoms with Gasteiger partial charge >= 0.3 is 0 Å². The molecule has 3 nitrogen and oxygen atoms in total. The van der Waals surface area contributed by atoms with E-state index in [1.807, 2.05) is 6.20 Å². The Morgan fingerprint density at radius 3 is 2.81 bits per heavy atom. The molecule has 1 fully saturated rings. The first-order valence-corrected chi connectivity index (χ1v) is 8.18. The molecule has 2 heterocycles. The van der Waals surface area contributed by atoms with Crippen molar-refractivity contribution in [2.75, 3.05) is 31.1 Å². The van der Waals surface area contributed by atoms with Gasteiger partial charge in [-0.2, -0.15) is 0 Å². The van der Waals surface area contributed by atoms with Crippen LogP contribution < -0.4 is 10.2 Å². The first-order valence-electron chi connectivity index (χ1n) is 8.18. The first kappa shape index (κ1) is 14.3. The summed E-state index contributed by atoms with van der Waals surface area (Å²) in [6.07, 6.45) is 5.68. The van der Waals surface area contributed by atoms with Crippen molar-refractivity contribution >= 4 is 16.6 Å². The summed E-state index contributed by atoms with van der Waals surface area (Å²) in [7, 11) is 0. The molecule has 0 saturated carbocycles. The van der Waals surface area contributed by atoms with Crippen LogP contribution in [0.3, 0.4) is 0 Å². The molecule has 1 N–H and O–H groups in total. The lowest BCUT2D eigenvalue weighted by molar-refractivity contribution is 0.373. The summed E-state index contributed by atoms with van der Waals surface area (Å²) < 4.78 is 0. The summed E-state index contributed by atoms with van der Waals surface area (Å²) in [5.41, 5.74) is 0. The van der Waals surface area contributed by atoms with Gasteiger partial charge in [0.25, 0.3) is 0 Å². The monoisotopic (exact) mass is 283 g/mol. The molecule has 21 heavy (non-hydrogen) atoms. The van der Waals surface area contributed by atoms with E-state index < -0.39 is 0 Å². The summed E-state index contributed by atoms with van der Waals surface area (Å²) in [5.74, 6) is 1.95. The highest BCUT2D eigenvalue weighted by Gasteiger charge is 2.18. The van der Waals surface area contributed by atoms with Gasteiger partial charge in [0.05, 0.1) is 0 Å². The van der Waals surface area contributed by atoms with E-state index in [0.29, 0.717) is 0 Å². The maximum atomic E-state index is 4.70. The predicted molar refractivity (Wildman–Crippen MR) is 89.8 cm³/mol. The molecule has 1 aliphatic heterocycles. The Morgan fingerprint density at radius 2 is 2.00 bits per heavy atom. The highest BCUT2D eigenvalue weighted by Crippen LogP contribution is 2.26. The molecule has 112 valence electrons. The third-order valence-electron chi connectivity index (χ3n) is 4.38. The fraction of sp³-hybridized carbons (Fsp3) is 0.500. The van der Waals surface area contributed by atoms with Gasteiger partial charge in [-0.1, -0.05) is 31.2 Å². The Labute approximate surface area is 127 Å². The van der Waals surface area contributed by atoms with Crippen molar-refractivity contribution < 1.29 is 0 Å². The number of nitrogens with one attached hydrogen (secondary N) is 1. The van der Waals surface area contributed by atoms with Crippen LogP contribution in [0.25, 0.3) is 10.8 Å². The SMILES string of the molecule is CCCN(CC1CCNCC1)c1nccc2ccccc12. The molecular weight excluding hydrogens is 258 g/mol. The van der Waals surface area contributed by atoms with Gasteiger partial charge in [-0.05, 0) is 49.7 Å². The number of benzene rings is 1. The third-order valence-corrected chi connectivity index (χ3v) is 4.38. The molecule has 2 aromatic rings. The fourth-order valence-corrected chi connectivity index (χ4v) is 3.29. The first-order chi connectivity index (χ1) is 10.4. The number of anilines is 1. The Kier molecular flexibility index (Phi) is 4.71. The number of rotatable bonds is 5. The van der Waals surface area contributed by atoms with Crippen LogP contribution in [0.4, 0.5) is 5.82 Å². The molecule has 1 saturated heterocycles. The van der Waals surface area contributed by atoms with Crippen molar-refractivity contribution in [1.82, 2.24) is 10.3 Å². The van der Waals surface area contributed by atoms with Crippen LogP contribution in [-0.2, 0) is 0 Å². The number of fused-ring (bicyclic) bond motifs is 1. The zero-order valence-electron chi connectivity index (χ0n) is 12.9. The summed E-state index contributed by atoms with van der Waals surface area (Å²) >= 11 is 0. The van der Waals surface area contributed by atoms with Crippen molar-refractivity contribution in [3.8, 4) is 0 Å². The van der Waals surface area contributed by atoms with E-state index in [4.69, 9.17) is 4.98 Å². The van der Waals surface area contributed by atoms with Crippen molar-refractivity contribution in [2.45, 2.75) is 26.2 Å². The highest BCUT2D eigenvalue weighted by molar-refractivity contribution is 5.92. The van der Waals surface area contributed by atoms with Gasteiger partial charge in [0.2, 0.25) is 0 Å². The number of hydrogen-bond donors (Lipinski definition) is 1. The largest absolute Gasteiger partial charge is 0.356 e. The van der Waals surface area contributed by atoms with Crippen molar-refractivity contribution in [2.24, 2.45) is 5.92 Å². The predicted octanol–water partition coefficient (Wildman–Crippen LogP) is 3.45. The van der Waals surface area contributed by atoms with Crippen LogP contribution in [0.15, 0.2) is 36.5 Å². The summed E-state index contributed by atoms with van der Waals surface area (Å²) in [6.45, 7) is 6.79. The highest BCUT2D eigenvalue weighted by atomic mass is 15.2. The van der Waals surface area contributed by atoms with Gasteiger partial charge in [-0.15, -0.1) is 0 Å². The fourth-order valence-electron chi connectivity index (χ4n) is 3.29. The van der Waals surface area contributed by atoms with Crippen LogP contribution >= 0.6 is 0 Å². The lowest BCUT2D eigenvalue weighted by atomic mass is 9.97. The number of pyridine rings is 1. The van der Waals surface area contributed by atoms with Gasteiger partial charge in [0.1, 0.15) is 5.82 Å². The molecule has 1 aromatic carbocycles. The van der Waals surface area contributed by atoms with Crippen LogP contribution in [0.1, 0.15) is 26.2 Å². The smallest absolute Gasteiger partial charge is 0.136 e. The van der Waals surface area contributed by atoms with Crippen LogP contribution in [-0.4, -0.2) is 31.2 Å². The minimum atomic E-state index is 0.790. The molecule has 0 atom stereocenters. The molecule has 0 spiro atoms. The molecule has 1 aromatic heterocycles.